The second kappa shape index (κ2) is 10.3. The third-order valence-corrected chi connectivity index (χ3v) is 3.60. The number of carbonyl (C=O) groups excluding carboxylic acids is 1. The number of benzene rings is 2. The number of ether oxygens (including phenoxy) is 1. The van der Waals surface area contributed by atoms with Crippen molar-refractivity contribution >= 4 is 11.7 Å². The van der Waals surface area contributed by atoms with Crippen molar-refractivity contribution in [2.45, 2.75) is 18.9 Å². The first-order valence-electron chi connectivity index (χ1n) is 8.25. The quantitative estimate of drug-likeness (QED) is 0.649. The summed E-state index contributed by atoms with van der Waals surface area (Å²) in [6.45, 7) is -0.519. The Morgan fingerprint density at radius 3 is 2.68 bits per heavy atom. The SMILES string of the molecule is O=C(Nc1cccc(OCCF)c1)NC(CCCO)c1ccccc1. The Balaban J connectivity index is 1.98. The van der Waals surface area contributed by atoms with Gasteiger partial charge in [0.25, 0.3) is 0 Å². The second-order valence-corrected chi connectivity index (χ2v) is 5.49. The molecule has 0 saturated carbocycles. The van der Waals surface area contributed by atoms with Gasteiger partial charge in [0, 0.05) is 18.4 Å². The molecule has 0 spiro atoms. The molecular weight excluding hydrogens is 323 g/mol. The van der Waals surface area contributed by atoms with E-state index in [4.69, 9.17) is 9.84 Å². The average Bonchev–Trinajstić information content (AvgIpc) is 2.64. The lowest BCUT2D eigenvalue weighted by atomic mass is 10.0. The van der Waals surface area contributed by atoms with Crippen LogP contribution in [0, 0.1) is 0 Å². The molecule has 2 amide bonds. The minimum atomic E-state index is -0.568. The average molecular weight is 346 g/mol. The summed E-state index contributed by atoms with van der Waals surface area (Å²) in [7, 11) is 0. The van der Waals surface area contributed by atoms with Crippen LogP contribution in [0.3, 0.4) is 0 Å². The molecule has 0 saturated heterocycles. The number of aliphatic hydroxyl groups excluding tert-OH is 1. The van der Waals surface area contributed by atoms with Gasteiger partial charge in [-0.05, 0) is 30.5 Å². The zero-order valence-corrected chi connectivity index (χ0v) is 14.0. The highest BCUT2D eigenvalue weighted by Gasteiger charge is 2.14. The molecule has 0 aromatic heterocycles. The second-order valence-electron chi connectivity index (χ2n) is 5.49. The highest BCUT2D eigenvalue weighted by Crippen LogP contribution is 2.20. The van der Waals surface area contributed by atoms with E-state index in [9.17, 15) is 9.18 Å². The van der Waals surface area contributed by atoms with E-state index in [-0.39, 0.29) is 25.3 Å². The van der Waals surface area contributed by atoms with E-state index in [2.05, 4.69) is 10.6 Å². The fourth-order valence-corrected chi connectivity index (χ4v) is 2.45. The van der Waals surface area contributed by atoms with Crippen LogP contribution < -0.4 is 15.4 Å². The molecule has 2 aromatic rings. The van der Waals surface area contributed by atoms with Gasteiger partial charge in [0.15, 0.2) is 0 Å². The van der Waals surface area contributed by atoms with Gasteiger partial charge < -0.3 is 20.5 Å². The molecule has 0 aliphatic carbocycles. The van der Waals surface area contributed by atoms with E-state index in [1.54, 1.807) is 24.3 Å². The zero-order chi connectivity index (χ0) is 17.9. The van der Waals surface area contributed by atoms with Crippen LogP contribution in [0.5, 0.6) is 5.75 Å². The van der Waals surface area contributed by atoms with Crippen molar-refractivity contribution in [3.63, 3.8) is 0 Å². The van der Waals surface area contributed by atoms with Crippen LogP contribution in [0.1, 0.15) is 24.4 Å². The van der Waals surface area contributed by atoms with Crippen molar-refractivity contribution in [1.82, 2.24) is 5.32 Å². The normalized spacial score (nSPS) is 11.6. The Hall–Kier alpha value is -2.60. The number of hydrogen-bond acceptors (Lipinski definition) is 3. The van der Waals surface area contributed by atoms with E-state index in [1.807, 2.05) is 30.3 Å². The molecule has 3 N–H and O–H groups in total. The van der Waals surface area contributed by atoms with Crippen LogP contribution in [-0.2, 0) is 0 Å². The predicted molar refractivity (Wildman–Crippen MR) is 95.6 cm³/mol. The van der Waals surface area contributed by atoms with Crippen molar-refractivity contribution in [2.24, 2.45) is 0 Å². The molecule has 0 radical (unpaired) electrons. The summed E-state index contributed by atoms with van der Waals surface area (Å²) in [5.41, 5.74) is 1.54. The number of nitrogens with one attached hydrogen (secondary N) is 2. The largest absolute Gasteiger partial charge is 0.491 e. The highest BCUT2D eigenvalue weighted by molar-refractivity contribution is 5.89. The van der Waals surface area contributed by atoms with Gasteiger partial charge in [0.05, 0.1) is 6.04 Å². The number of urea groups is 1. The predicted octanol–water partition coefficient (Wildman–Crippen LogP) is 3.67. The minimum absolute atomic E-state index is 0.0209. The van der Waals surface area contributed by atoms with Crippen LogP contribution in [0.4, 0.5) is 14.9 Å². The summed E-state index contributed by atoms with van der Waals surface area (Å²) in [4.78, 5) is 12.3. The molecule has 2 aromatic carbocycles. The summed E-state index contributed by atoms with van der Waals surface area (Å²) in [5.74, 6) is 0.496. The van der Waals surface area contributed by atoms with Gasteiger partial charge in [-0.1, -0.05) is 36.4 Å². The lowest BCUT2D eigenvalue weighted by Gasteiger charge is -2.19. The molecule has 1 unspecified atom stereocenters. The molecule has 0 heterocycles. The van der Waals surface area contributed by atoms with Crippen molar-refractivity contribution in [1.29, 1.82) is 0 Å². The molecule has 1 atom stereocenters. The van der Waals surface area contributed by atoms with Gasteiger partial charge in [-0.15, -0.1) is 0 Å². The van der Waals surface area contributed by atoms with Gasteiger partial charge in [0.1, 0.15) is 19.0 Å². The molecule has 25 heavy (non-hydrogen) atoms. The van der Waals surface area contributed by atoms with Crippen molar-refractivity contribution in [3.8, 4) is 5.75 Å². The smallest absolute Gasteiger partial charge is 0.319 e. The van der Waals surface area contributed by atoms with Gasteiger partial charge in [-0.25, -0.2) is 9.18 Å². The fraction of sp³-hybridized carbons (Fsp3) is 0.316. The molecule has 2 rings (SSSR count). The molecule has 6 heteroatoms. The fourth-order valence-electron chi connectivity index (χ4n) is 2.45. The third kappa shape index (κ3) is 6.43. The number of halogens is 1. The van der Waals surface area contributed by atoms with Crippen LogP contribution in [-0.4, -0.2) is 31.0 Å². The number of alkyl halides is 1. The van der Waals surface area contributed by atoms with Crippen LogP contribution >= 0.6 is 0 Å². The maximum absolute atomic E-state index is 12.3. The summed E-state index contributed by atoms with van der Waals surface area (Å²) >= 11 is 0. The first-order valence-corrected chi connectivity index (χ1v) is 8.25. The van der Waals surface area contributed by atoms with Gasteiger partial charge in [-0.3, -0.25) is 0 Å². The molecule has 0 aliphatic rings. The molecule has 134 valence electrons. The van der Waals surface area contributed by atoms with Crippen LogP contribution in [0.2, 0.25) is 0 Å². The van der Waals surface area contributed by atoms with Crippen LogP contribution in [0.15, 0.2) is 54.6 Å². The number of amides is 2. The first-order chi connectivity index (χ1) is 12.2. The van der Waals surface area contributed by atoms with E-state index in [0.29, 0.717) is 24.3 Å². The van der Waals surface area contributed by atoms with E-state index >= 15 is 0 Å². The number of anilines is 1. The molecule has 0 bridgehead atoms. The topological polar surface area (TPSA) is 70.6 Å². The number of aliphatic hydroxyl groups is 1. The summed E-state index contributed by atoms with van der Waals surface area (Å²) in [6, 6.07) is 15.9. The highest BCUT2D eigenvalue weighted by atomic mass is 19.1. The number of carbonyl (C=O) groups is 1. The Morgan fingerprint density at radius 2 is 1.96 bits per heavy atom. The Kier molecular flexibility index (Phi) is 7.72. The summed E-state index contributed by atoms with van der Waals surface area (Å²) in [6.07, 6.45) is 1.22. The Bertz CT molecular complexity index is 652. The molecule has 0 fully saturated rings. The lowest BCUT2D eigenvalue weighted by molar-refractivity contribution is 0.243. The van der Waals surface area contributed by atoms with Crippen molar-refractivity contribution in [3.05, 3.63) is 60.2 Å². The van der Waals surface area contributed by atoms with Crippen LogP contribution in [0.25, 0.3) is 0 Å². The van der Waals surface area contributed by atoms with Gasteiger partial charge in [0.2, 0.25) is 0 Å². The number of hydrogen-bond donors (Lipinski definition) is 3. The third-order valence-electron chi connectivity index (χ3n) is 3.60. The lowest BCUT2D eigenvalue weighted by Crippen LogP contribution is -2.32. The standard InChI is InChI=1S/C19H23FN2O3/c20-11-13-25-17-9-4-8-16(14-17)21-19(24)22-18(10-5-12-23)15-6-2-1-3-7-15/h1-4,6-9,14,18,23H,5,10-13H2,(H2,21,22,24). The molecule has 0 aliphatic heterocycles. The van der Waals surface area contributed by atoms with E-state index in [0.717, 1.165) is 5.56 Å². The minimum Gasteiger partial charge on any atom is -0.491 e. The monoisotopic (exact) mass is 346 g/mol. The summed E-state index contributed by atoms with van der Waals surface area (Å²) in [5, 5.41) is 14.7. The maximum atomic E-state index is 12.3. The number of rotatable bonds is 9. The van der Waals surface area contributed by atoms with Crippen molar-refractivity contribution < 1.29 is 19.0 Å². The first kappa shape index (κ1) is 18.7. The van der Waals surface area contributed by atoms with Crippen molar-refractivity contribution in [2.75, 3.05) is 25.2 Å². The molecule has 5 nitrogen and oxygen atoms in total. The molecular formula is C19H23FN2O3. The summed E-state index contributed by atoms with van der Waals surface area (Å²) < 4.78 is 17.4. The zero-order valence-electron chi connectivity index (χ0n) is 14.0. The Labute approximate surface area is 146 Å². The maximum Gasteiger partial charge on any atom is 0.319 e. The van der Waals surface area contributed by atoms with Gasteiger partial charge in [-0.2, -0.15) is 0 Å². The van der Waals surface area contributed by atoms with E-state index < -0.39 is 6.67 Å². The van der Waals surface area contributed by atoms with E-state index in [1.165, 1.54) is 0 Å². The Morgan fingerprint density at radius 1 is 1.16 bits per heavy atom. The van der Waals surface area contributed by atoms with Gasteiger partial charge >= 0.3 is 6.03 Å².